The fraction of sp³-hybridized carbons (Fsp3) is 0.400. The second-order valence-corrected chi connectivity index (χ2v) is 6.87. The van der Waals surface area contributed by atoms with E-state index < -0.39 is 24.3 Å². The van der Waals surface area contributed by atoms with Gasteiger partial charge in [0.25, 0.3) is 0 Å². The first-order chi connectivity index (χ1) is 9.96. The quantitative estimate of drug-likeness (QED) is 0.675. The molecule has 1 heterocycles. The number of aromatic nitrogens is 1. The van der Waals surface area contributed by atoms with Crippen molar-refractivity contribution in [3.63, 3.8) is 0 Å². The molecule has 0 fully saturated rings. The van der Waals surface area contributed by atoms with Crippen LogP contribution in [-0.4, -0.2) is 22.4 Å². The first-order valence-corrected chi connectivity index (χ1v) is 7.35. The summed E-state index contributed by atoms with van der Waals surface area (Å²) in [6, 6.07) is 4.82. The van der Waals surface area contributed by atoms with Gasteiger partial charge in [-0.2, -0.15) is 13.2 Å². The van der Waals surface area contributed by atoms with Crippen molar-refractivity contribution in [3.05, 3.63) is 34.4 Å². The largest absolute Gasteiger partial charge is 0.443 e. The zero-order valence-corrected chi connectivity index (χ0v) is 13.9. The molecule has 0 saturated heterocycles. The number of fused-ring (bicyclic) bond motifs is 1. The van der Waals surface area contributed by atoms with E-state index in [4.69, 9.17) is 4.74 Å². The van der Waals surface area contributed by atoms with Crippen molar-refractivity contribution in [1.29, 1.82) is 0 Å². The minimum atomic E-state index is -4.35. The molecule has 2 aromatic rings. The molecule has 1 aromatic carbocycles. The Morgan fingerprint density at radius 1 is 1.27 bits per heavy atom. The van der Waals surface area contributed by atoms with Crippen molar-refractivity contribution in [1.82, 2.24) is 4.57 Å². The molecule has 0 unspecified atom stereocenters. The van der Waals surface area contributed by atoms with Crippen molar-refractivity contribution in [2.45, 2.75) is 39.0 Å². The van der Waals surface area contributed by atoms with Gasteiger partial charge in [0.1, 0.15) is 5.60 Å². The molecule has 0 aliphatic carbocycles. The fourth-order valence-electron chi connectivity index (χ4n) is 2.09. The fourth-order valence-corrected chi connectivity index (χ4v) is 2.45. The number of hydrogen-bond donors (Lipinski definition) is 0. The summed E-state index contributed by atoms with van der Waals surface area (Å²) >= 11 is 3.23. The second-order valence-electron chi connectivity index (χ2n) is 5.96. The van der Waals surface area contributed by atoms with Gasteiger partial charge >= 0.3 is 12.3 Å². The molecule has 0 aliphatic heterocycles. The van der Waals surface area contributed by atoms with Crippen LogP contribution in [0.2, 0.25) is 0 Å². The van der Waals surface area contributed by atoms with Gasteiger partial charge < -0.3 is 4.74 Å². The van der Waals surface area contributed by atoms with Crippen LogP contribution in [0.25, 0.3) is 10.9 Å². The van der Waals surface area contributed by atoms with E-state index in [1.165, 1.54) is 6.20 Å². The average Bonchev–Trinajstić information content (AvgIpc) is 2.63. The lowest BCUT2D eigenvalue weighted by molar-refractivity contribution is -0.127. The Labute approximate surface area is 134 Å². The number of ether oxygens (including phenoxy) is 1. The van der Waals surface area contributed by atoms with E-state index in [0.29, 0.717) is 15.4 Å². The number of alkyl halides is 3. The molecule has 7 heteroatoms. The highest BCUT2D eigenvalue weighted by Crippen LogP contribution is 2.30. The molecule has 120 valence electrons. The maximum atomic E-state index is 12.7. The van der Waals surface area contributed by atoms with Crippen LogP contribution >= 0.6 is 15.9 Å². The van der Waals surface area contributed by atoms with E-state index in [-0.39, 0.29) is 5.56 Å². The highest BCUT2D eigenvalue weighted by Gasteiger charge is 2.30. The molecule has 0 spiro atoms. The van der Waals surface area contributed by atoms with Gasteiger partial charge in [0.05, 0.1) is 11.9 Å². The highest BCUT2D eigenvalue weighted by atomic mass is 79.9. The first kappa shape index (κ1) is 16.9. The van der Waals surface area contributed by atoms with Gasteiger partial charge in [0.15, 0.2) is 0 Å². The summed E-state index contributed by atoms with van der Waals surface area (Å²) in [7, 11) is 0. The normalized spacial score (nSPS) is 12.7. The SMILES string of the molecule is CC(C)(C)OC(=O)n1cc(CC(F)(F)F)c2cc(Br)ccc21. The number of hydrogen-bond acceptors (Lipinski definition) is 2. The Balaban J connectivity index is 2.54. The van der Waals surface area contributed by atoms with Crippen LogP contribution in [0.5, 0.6) is 0 Å². The molecule has 0 radical (unpaired) electrons. The predicted octanol–water partition coefficient (Wildman–Crippen LogP) is 5.29. The standard InChI is InChI=1S/C15H15BrF3NO2/c1-14(2,3)22-13(21)20-8-9(7-15(17,18)19)11-6-10(16)4-5-12(11)20/h4-6,8H,7H2,1-3H3. The van der Waals surface area contributed by atoms with Crippen molar-refractivity contribution >= 4 is 32.9 Å². The van der Waals surface area contributed by atoms with Gasteiger partial charge in [-0.25, -0.2) is 4.79 Å². The first-order valence-electron chi connectivity index (χ1n) is 6.56. The van der Waals surface area contributed by atoms with E-state index in [1.807, 2.05) is 0 Å². The van der Waals surface area contributed by atoms with E-state index in [0.717, 1.165) is 4.57 Å². The van der Waals surface area contributed by atoms with E-state index >= 15 is 0 Å². The monoisotopic (exact) mass is 377 g/mol. The Bertz CT molecular complexity index is 714. The van der Waals surface area contributed by atoms with Crippen LogP contribution in [0.3, 0.4) is 0 Å². The topological polar surface area (TPSA) is 31.2 Å². The van der Waals surface area contributed by atoms with Crippen LogP contribution in [0.4, 0.5) is 18.0 Å². The Kier molecular flexibility index (Phi) is 4.30. The lowest BCUT2D eigenvalue weighted by Crippen LogP contribution is -2.26. The van der Waals surface area contributed by atoms with E-state index in [9.17, 15) is 18.0 Å². The summed E-state index contributed by atoms with van der Waals surface area (Å²) in [5.41, 5.74) is -0.306. The number of carbonyl (C=O) groups excluding carboxylic acids is 1. The summed E-state index contributed by atoms with van der Waals surface area (Å²) in [6.07, 6.45) is -4.96. The molecule has 0 aliphatic rings. The third-order valence-electron chi connectivity index (χ3n) is 2.83. The van der Waals surface area contributed by atoms with Gasteiger partial charge in [0, 0.05) is 16.1 Å². The summed E-state index contributed by atoms with van der Waals surface area (Å²) in [5, 5.41) is 0.373. The Morgan fingerprint density at radius 2 is 1.91 bits per heavy atom. The number of benzene rings is 1. The van der Waals surface area contributed by atoms with Crippen LogP contribution < -0.4 is 0 Å². The number of halogens is 4. The minimum absolute atomic E-state index is 0.0367. The maximum Gasteiger partial charge on any atom is 0.419 e. The highest BCUT2D eigenvalue weighted by molar-refractivity contribution is 9.10. The van der Waals surface area contributed by atoms with Crippen LogP contribution in [0.1, 0.15) is 26.3 Å². The third-order valence-corrected chi connectivity index (χ3v) is 3.32. The van der Waals surface area contributed by atoms with Crippen LogP contribution in [0.15, 0.2) is 28.9 Å². The summed E-state index contributed by atoms with van der Waals surface area (Å²) in [5.74, 6) is 0. The lowest BCUT2D eigenvalue weighted by atomic mass is 10.1. The Hall–Kier alpha value is -1.50. The van der Waals surface area contributed by atoms with Gasteiger partial charge in [-0.3, -0.25) is 4.57 Å². The molecular formula is C15H15BrF3NO2. The predicted molar refractivity (Wildman–Crippen MR) is 81.0 cm³/mol. The van der Waals surface area contributed by atoms with Crippen LogP contribution in [-0.2, 0) is 11.2 Å². The molecular weight excluding hydrogens is 363 g/mol. The van der Waals surface area contributed by atoms with Crippen molar-refractivity contribution in [2.75, 3.05) is 0 Å². The van der Waals surface area contributed by atoms with Crippen molar-refractivity contribution in [3.8, 4) is 0 Å². The molecule has 0 saturated carbocycles. The molecule has 3 nitrogen and oxygen atoms in total. The zero-order valence-electron chi connectivity index (χ0n) is 12.3. The molecule has 2 rings (SSSR count). The molecule has 22 heavy (non-hydrogen) atoms. The number of carbonyl (C=O) groups is 1. The third kappa shape index (κ3) is 4.03. The van der Waals surface area contributed by atoms with Crippen molar-refractivity contribution in [2.24, 2.45) is 0 Å². The zero-order chi connectivity index (χ0) is 16.7. The average molecular weight is 378 g/mol. The number of nitrogens with zero attached hydrogens (tertiary/aromatic N) is 1. The number of rotatable bonds is 1. The van der Waals surface area contributed by atoms with Crippen molar-refractivity contribution < 1.29 is 22.7 Å². The van der Waals surface area contributed by atoms with Gasteiger partial charge in [0.2, 0.25) is 0 Å². The second kappa shape index (κ2) is 5.61. The maximum absolute atomic E-state index is 12.7. The van der Waals surface area contributed by atoms with E-state index in [2.05, 4.69) is 15.9 Å². The molecule has 0 amide bonds. The van der Waals surface area contributed by atoms with E-state index in [1.54, 1.807) is 39.0 Å². The van der Waals surface area contributed by atoms with Gasteiger partial charge in [-0.15, -0.1) is 0 Å². The minimum Gasteiger partial charge on any atom is -0.443 e. The summed E-state index contributed by atoms with van der Waals surface area (Å²) in [6.45, 7) is 5.09. The van der Waals surface area contributed by atoms with Gasteiger partial charge in [-0.05, 0) is 44.5 Å². The smallest absolute Gasteiger partial charge is 0.419 e. The molecule has 0 bridgehead atoms. The van der Waals surface area contributed by atoms with Crippen LogP contribution in [0, 0.1) is 0 Å². The molecule has 1 aromatic heterocycles. The molecule has 0 atom stereocenters. The van der Waals surface area contributed by atoms with Gasteiger partial charge in [-0.1, -0.05) is 15.9 Å². The summed E-state index contributed by atoms with van der Waals surface area (Å²) in [4.78, 5) is 12.2. The molecule has 0 N–H and O–H groups in total. The Morgan fingerprint density at radius 3 is 2.45 bits per heavy atom. The lowest BCUT2D eigenvalue weighted by Gasteiger charge is -2.19. The summed E-state index contributed by atoms with van der Waals surface area (Å²) < 4.78 is 45.1.